The number of fused-ring (bicyclic) bond motifs is 1. The monoisotopic (exact) mass is 360 g/mol. The molecule has 132 valence electrons. The van der Waals surface area contributed by atoms with E-state index in [0.717, 1.165) is 17.8 Å². The van der Waals surface area contributed by atoms with Crippen LogP contribution in [0.4, 0.5) is 17.6 Å². The van der Waals surface area contributed by atoms with Gasteiger partial charge in [-0.1, -0.05) is 6.07 Å². The van der Waals surface area contributed by atoms with E-state index in [1.54, 1.807) is 29.1 Å². The molecule has 0 amide bonds. The first-order valence-electron chi connectivity index (χ1n) is 7.75. The SMILES string of the molecule is Fc1cccc(-n2nccc2Cc2nc3ccc(C(F)(F)F)cc3[nH]2)c1. The van der Waals surface area contributed by atoms with Crippen molar-refractivity contribution >= 4 is 11.0 Å². The maximum absolute atomic E-state index is 13.4. The third-order valence-electron chi connectivity index (χ3n) is 3.98. The molecule has 4 rings (SSSR count). The number of nitrogens with zero attached hydrogens (tertiary/aromatic N) is 3. The van der Waals surface area contributed by atoms with Crippen LogP contribution in [-0.4, -0.2) is 19.7 Å². The van der Waals surface area contributed by atoms with Gasteiger partial charge in [0.15, 0.2) is 0 Å². The molecular formula is C18H12F4N4. The summed E-state index contributed by atoms with van der Waals surface area (Å²) >= 11 is 0. The Bertz CT molecular complexity index is 1080. The number of benzene rings is 2. The number of rotatable bonds is 3. The fourth-order valence-electron chi connectivity index (χ4n) is 2.80. The van der Waals surface area contributed by atoms with Gasteiger partial charge >= 0.3 is 6.18 Å². The van der Waals surface area contributed by atoms with E-state index in [9.17, 15) is 17.6 Å². The molecular weight excluding hydrogens is 348 g/mol. The van der Waals surface area contributed by atoms with Crippen LogP contribution in [0.15, 0.2) is 54.7 Å². The van der Waals surface area contributed by atoms with Crippen LogP contribution in [0.25, 0.3) is 16.7 Å². The number of H-pyrrole nitrogens is 1. The summed E-state index contributed by atoms with van der Waals surface area (Å²) in [5, 5.41) is 4.18. The van der Waals surface area contributed by atoms with Gasteiger partial charge in [0.2, 0.25) is 0 Å². The Morgan fingerprint density at radius 1 is 1.04 bits per heavy atom. The second-order valence-corrected chi connectivity index (χ2v) is 5.80. The van der Waals surface area contributed by atoms with Crippen molar-refractivity contribution in [3.63, 3.8) is 0 Å². The van der Waals surface area contributed by atoms with Crippen LogP contribution in [-0.2, 0) is 12.6 Å². The lowest BCUT2D eigenvalue weighted by Crippen LogP contribution is -2.04. The van der Waals surface area contributed by atoms with Crippen molar-refractivity contribution in [3.05, 3.63) is 77.6 Å². The van der Waals surface area contributed by atoms with Crippen LogP contribution >= 0.6 is 0 Å². The quantitative estimate of drug-likeness (QED) is 0.547. The summed E-state index contributed by atoms with van der Waals surface area (Å²) in [6.07, 6.45) is -2.52. The number of nitrogens with one attached hydrogen (secondary N) is 1. The average Bonchev–Trinajstić information content (AvgIpc) is 3.19. The second kappa shape index (κ2) is 5.98. The molecule has 0 fully saturated rings. The first kappa shape index (κ1) is 16.3. The van der Waals surface area contributed by atoms with E-state index in [4.69, 9.17) is 0 Å². The Morgan fingerprint density at radius 2 is 1.88 bits per heavy atom. The van der Waals surface area contributed by atoms with Gasteiger partial charge in [-0.3, -0.25) is 0 Å². The van der Waals surface area contributed by atoms with Crippen molar-refractivity contribution < 1.29 is 17.6 Å². The molecule has 0 aliphatic rings. The Kier molecular flexibility index (Phi) is 3.75. The average molecular weight is 360 g/mol. The summed E-state index contributed by atoms with van der Waals surface area (Å²) in [7, 11) is 0. The van der Waals surface area contributed by atoms with Crippen LogP contribution in [0.5, 0.6) is 0 Å². The summed E-state index contributed by atoms with van der Waals surface area (Å²) in [6.45, 7) is 0. The van der Waals surface area contributed by atoms with Gasteiger partial charge in [-0.15, -0.1) is 0 Å². The zero-order valence-electron chi connectivity index (χ0n) is 13.3. The van der Waals surface area contributed by atoms with Crippen LogP contribution in [0.2, 0.25) is 0 Å². The van der Waals surface area contributed by atoms with Gasteiger partial charge in [0, 0.05) is 12.6 Å². The van der Waals surface area contributed by atoms with Gasteiger partial charge in [-0.05, 0) is 42.5 Å². The van der Waals surface area contributed by atoms with Crippen molar-refractivity contribution in [1.29, 1.82) is 0 Å². The maximum atomic E-state index is 13.4. The Balaban J connectivity index is 1.67. The highest BCUT2D eigenvalue weighted by molar-refractivity contribution is 5.76. The molecule has 0 unspecified atom stereocenters. The second-order valence-electron chi connectivity index (χ2n) is 5.80. The van der Waals surface area contributed by atoms with Crippen molar-refractivity contribution in [2.24, 2.45) is 0 Å². The lowest BCUT2D eigenvalue weighted by atomic mass is 10.2. The summed E-state index contributed by atoms with van der Waals surface area (Å²) in [4.78, 5) is 7.24. The fraction of sp³-hybridized carbons (Fsp3) is 0.111. The van der Waals surface area contributed by atoms with Crippen LogP contribution in [0.1, 0.15) is 17.1 Å². The largest absolute Gasteiger partial charge is 0.416 e. The Hall–Kier alpha value is -3.16. The van der Waals surface area contributed by atoms with Crippen molar-refractivity contribution in [2.45, 2.75) is 12.6 Å². The third-order valence-corrected chi connectivity index (χ3v) is 3.98. The molecule has 0 atom stereocenters. The molecule has 0 saturated carbocycles. The Labute approximate surface area is 145 Å². The number of aromatic amines is 1. The number of hydrogen-bond acceptors (Lipinski definition) is 2. The highest BCUT2D eigenvalue weighted by atomic mass is 19.4. The van der Waals surface area contributed by atoms with E-state index in [2.05, 4.69) is 15.1 Å². The van der Waals surface area contributed by atoms with E-state index in [0.29, 0.717) is 29.0 Å². The van der Waals surface area contributed by atoms with Gasteiger partial charge in [0.25, 0.3) is 0 Å². The number of hydrogen-bond donors (Lipinski definition) is 1. The summed E-state index contributed by atoms with van der Waals surface area (Å²) in [5.41, 5.74) is 1.31. The van der Waals surface area contributed by atoms with E-state index in [1.807, 2.05) is 0 Å². The van der Waals surface area contributed by atoms with Gasteiger partial charge in [0.05, 0.1) is 28.0 Å². The molecule has 1 N–H and O–H groups in total. The zero-order chi connectivity index (χ0) is 18.3. The van der Waals surface area contributed by atoms with Gasteiger partial charge in [-0.25, -0.2) is 14.1 Å². The topological polar surface area (TPSA) is 46.5 Å². The molecule has 8 heteroatoms. The van der Waals surface area contributed by atoms with Crippen LogP contribution < -0.4 is 0 Å². The number of halogens is 4. The lowest BCUT2D eigenvalue weighted by molar-refractivity contribution is -0.137. The minimum atomic E-state index is -4.41. The predicted octanol–water partition coefficient (Wildman–Crippen LogP) is 4.50. The Morgan fingerprint density at radius 3 is 2.65 bits per heavy atom. The highest BCUT2D eigenvalue weighted by Crippen LogP contribution is 2.31. The molecule has 2 heterocycles. The molecule has 0 aliphatic heterocycles. The molecule has 4 nitrogen and oxygen atoms in total. The minimum absolute atomic E-state index is 0.312. The van der Waals surface area contributed by atoms with Gasteiger partial charge < -0.3 is 4.98 Å². The molecule has 0 radical (unpaired) electrons. The van der Waals surface area contributed by atoms with Crippen molar-refractivity contribution in [3.8, 4) is 5.69 Å². The first-order valence-corrected chi connectivity index (χ1v) is 7.75. The van der Waals surface area contributed by atoms with Crippen molar-refractivity contribution in [1.82, 2.24) is 19.7 Å². The van der Waals surface area contributed by atoms with E-state index in [-0.39, 0.29) is 5.82 Å². The van der Waals surface area contributed by atoms with Crippen molar-refractivity contribution in [2.75, 3.05) is 0 Å². The first-order chi connectivity index (χ1) is 12.4. The summed E-state index contributed by atoms with van der Waals surface area (Å²) < 4.78 is 53.5. The van der Waals surface area contributed by atoms with Gasteiger partial charge in [-0.2, -0.15) is 18.3 Å². The molecule has 0 aliphatic carbocycles. The fourth-order valence-corrected chi connectivity index (χ4v) is 2.80. The highest BCUT2D eigenvalue weighted by Gasteiger charge is 2.30. The number of imidazole rings is 1. The maximum Gasteiger partial charge on any atom is 0.416 e. The van der Waals surface area contributed by atoms with Gasteiger partial charge in [0.1, 0.15) is 11.6 Å². The smallest absolute Gasteiger partial charge is 0.342 e. The van der Waals surface area contributed by atoms with Crippen LogP contribution in [0, 0.1) is 5.82 Å². The normalized spacial score (nSPS) is 12.0. The standard InChI is InChI=1S/C18H12F4N4/c19-12-2-1-3-13(9-12)26-14(6-7-23-26)10-17-24-15-5-4-11(18(20,21)22)8-16(15)25-17/h1-9H,10H2,(H,24,25). The predicted molar refractivity (Wildman–Crippen MR) is 87.4 cm³/mol. The molecule has 4 aromatic rings. The zero-order valence-corrected chi connectivity index (χ0v) is 13.3. The molecule has 0 saturated heterocycles. The molecule has 0 spiro atoms. The molecule has 0 bridgehead atoms. The molecule has 26 heavy (non-hydrogen) atoms. The third kappa shape index (κ3) is 3.05. The summed E-state index contributed by atoms with van der Waals surface area (Å²) in [6, 6.07) is 11.1. The minimum Gasteiger partial charge on any atom is -0.342 e. The lowest BCUT2D eigenvalue weighted by Gasteiger charge is -2.06. The van der Waals surface area contributed by atoms with E-state index >= 15 is 0 Å². The molecule has 2 aromatic heterocycles. The van der Waals surface area contributed by atoms with E-state index < -0.39 is 11.7 Å². The summed E-state index contributed by atoms with van der Waals surface area (Å²) in [5.74, 6) is 0.116. The van der Waals surface area contributed by atoms with Crippen LogP contribution in [0.3, 0.4) is 0 Å². The number of alkyl halides is 3. The van der Waals surface area contributed by atoms with E-state index in [1.165, 1.54) is 18.2 Å². The number of aromatic nitrogens is 4. The molecule has 2 aromatic carbocycles.